The molecule has 0 aliphatic carbocycles. The zero-order valence-electron chi connectivity index (χ0n) is 12.8. The van der Waals surface area contributed by atoms with Crippen LogP contribution in [0, 0.1) is 6.92 Å². The van der Waals surface area contributed by atoms with Gasteiger partial charge in [0.15, 0.2) is 0 Å². The zero-order valence-corrected chi connectivity index (χ0v) is 12.8. The fourth-order valence-corrected chi connectivity index (χ4v) is 2.36. The number of pyridine rings is 2. The van der Waals surface area contributed by atoms with Crippen molar-refractivity contribution >= 4 is 28.1 Å². The molecule has 0 N–H and O–H groups in total. The second-order valence-electron chi connectivity index (χ2n) is 5.27. The van der Waals surface area contributed by atoms with Gasteiger partial charge in [-0.2, -0.15) is 0 Å². The summed E-state index contributed by atoms with van der Waals surface area (Å²) in [6.07, 6.45) is 4.40. The molecule has 3 nitrogen and oxygen atoms in total. The van der Waals surface area contributed by atoms with Crippen molar-refractivity contribution in [3.8, 4) is 0 Å². The molecule has 0 aliphatic heterocycles. The number of hydrogen-bond acceptors (Lipinski definition) is 3. The van der Waals surface area contributed by atoms with Gasteiger partial charge in [-0.05, 0) is 49.4 Å². The van der Waals surface area contributed by atoms with Crippen molar-refractivity contribution in [1.29, 1.82) is 0 Å². The van der Waals surface area contributed by atoms with Gasteiger partial charge in [-0.15, -0.1) is 0 Å². The lowest BCUT2D eigenvalue weighted by molar-refractivity contribution is 0.112. The third kappa shape index (κ3) is 3.58. The van der Waals surface area contributed by atoms with Crippen molar-refractivity contribution < 1.29 is 4.79 Å². The molecule has 0 saturated heterocycles. The summed E-state index contributed by atoms with van der Waals surface area (Å²) in [5, 5.41) is 2.22. The van der Waals surface area contributed by atoms with Crippen LogP contribution in [-0.4, -0.2) is 16.3 Å². The number of aldehydes is 1. The SMILES string of the molecule is Cc1ccc2ncccc2c1.O=Cc1ccc2ncccc2c1. The van der Waals surface area contributed by atoms with Gasteiger partial charge in [0.2, 0.25) is 0 Å². The van der Waals surface area contributed by atoms with Gasteiger partial charge in [0.25, 0.3) is 0 Å². The highest BCUT2D eigenvalue weighted by atomic mass is 16.1. The van der Waals surface area contributed by atoms with Crippen LogP contribution in [0.15, 0.2) is 73.1 Å². The Balaban J connectivity index is 0.000000136. The highest BCUT2D eigenvalue weighted by Gasteiger charge is 1.94. The van der Waals surface area contributed by atoms with Gasteiger partial charge in [0.05, 0.1) is 11.0 Å². The Bertz CT molecular complexity index is 963. The third-order valence-corrected chi connectivity index (χ3v) is 3.52. The molecule has 4 aromatic rings. The van der Waals surface area contributed by atoms with E-state index in [1.54, 1.807) is 12.3 Å². The smallest absolute Gasteiger partial charge is 0.150 e. The fourth-order valence-electron chi connectivity index (χ4n) is 2.36. The molecule has 3 heteroatoms. The average molecular weight is 300 g/mol. The van der Waals surface area contributed by atoms with Crippen molar-refractivity contribution in [1.82, 2.24) is 9.97 Å². The van der Waals surface area contributed by atoms with Crippen LogP contribution < -0.4 is 0 Å². The highest BCUT2D eigenvalue weighted by molar-refractivity contribution is 5.86. The molecule has 2 heterocycles. The average Bonchev–Trinajstić information content (AvgIpc) is 2.61. The molecular weight excluding hydrogens is 284 g/mol. The van der Waals surface area contributed by atoms with Crippen molar-refractivity contribution in [3.63, 3.8) is 0 Å². The van der Waals surface area contributed by atoms with E-state index in [0.717, 1.165) is 22.7 Å². The minimum absolute atomic E-state index is 0.690. The zero-order chi connectivity index (χ0) is 16.1. The predicted molar refractivity (Wildman–Crippen MR) is 93.6 cm³/mol. The third-order valence-electron chi connectivity index (χ3n) is 3.52. The first-order valence-corrected chi connectivity index (χ1v) is 7.37. The van der Waals surface area contributed by atoms with Crippen LogP contribution in [0.4, 0.5) is 0 Å². The van der Waals surface area contributed by atoms with Crippen molar-refractivity contribution in [2.75, 3.05) is 0 Å². The van der Waals surface area contributed by atoms with E-state index in [-0.39, 0.29) is 0 Å². The predicted octanol–water partition coefficient (Wildman–Crippen LogP) is 4.59. The van der Waals surface area contributed by atoms with Gasteiger partial charge in [0, 0.05) is 28.7 Å². The van der Waals surface area contributed by atoms with Crippen LogP contribution in [0.5, 0.6) is 0 Å². The van der Waals surface area contributed by atoms with E-state index in [9.17, 15) is 4.79 Å². The molecule has 0 saturated carbocycles. The summed E-state index contributed by atoms with van der Waals surface area (Å²) in [6, 6.07) is 19.5. The number of hydrogen-bond donors (Lipinski definition) is 0. The molecule has 2 aromatic heterocycles. The first-order valence-electron chi connectivity index (χ1n) is 7.37. The molecule has 4 rings (SSSR count). The van der Waals surface area contributed by atoms with Gasteiger partial charge in [-0.1, -0.05) is 23.8 Å². The second-order valence-corrected chi connectivity index (χ2v) is 5.27. The summed E-state index contributed by atoms with van der Waals surface area (Å²) >= 11 is 0. The number of fused-ring (bicyclic) bond motifs is 2. The quantitative estimate of drug-likeness (QED) is 0.483. The van der Waals surface area contributed by atoms with Crippen LogP contribution in [0.2, 0.25) is 0 Å². The molecule has 112 valence electrons. The van der Waals surface area contributed by atoms with E-state index in [1.165, 1.54) is 10.9 Å². The standard InChI is InChI=1S/C10H7NO.C10H9N/c12-7-8-3-4-10-9(6-8)2-1-5-11-10;1-8-4-5-10-9(7-8)3-2-6-11-10/h1-7H;2-7H,1H3. The maximum Gasteiger partial charge on any atom is 0.150 e. The molecule has 0 fully saturated rings. The number of aryl methyl sites for hydroxylation is 1. The Morgan fingerprint density at radius 3 is 2.04 bits per heavy atom. The molecule has 0 atom stereocenters. The van der Waals surface area contributed by atoms with Gasteiger partial charge in [-0.3, -0.25) is 14.8 Å². The summed E-state index contributed by atoms with van der Waals surface area (Å²) in [4.78, 5) is 18.8. The van der Waals surface area contributed by atoms with Crippen LogP contribution in [0.25, 0.3) is 21.8 Å². The van der Waals surface area contributed by atoms with Crippen molar-refractivity contribution in [2.45, 2.75) is 6.92 Å². The lowest BCUT2D eigenvalue weighted by atomic mass is 10.1. The van der Waals surface area contributed by atoms with Crippen LogP contribution in [0.3, 0.4) is 0 Å². The Morgan fingerprint density at radius 1 is 0.783 bits per heavy atom. The maximum atomic E-state index is 10.4. The first-order chi connectivity index (χ1) is 11.3. The van der Waals surface area contributed by atoms with E-state index in [4.69, 9.17) is 0 Å². The molecule has 0 radical (unpaired) electrons. The van der Waals surface area contributed by atoms with Gasteiger partial charge in [0.1, 0.15) is 6.29 Å². The Labute approximate surface area is 134 Å². The summed E-state index contributed by atoms with van der Waals surface area (Å²) in [7, 11) is 0. The number of nitrogens with zero attached hydrogens (tertiary/aromatic N) is 2. The van der Waals surface area contributed by atoms with Crippen LogP contribution in [-0.2, 0) is 0 Å². The topological polar surface area (TPSA) is 42.9 Å². The first kappa shape index (κ1) is 14.9. The summed E-state index contributed by atoms with van der Waals surface area (Å²) < 4.78 is 0. The lowest BCUT2D eigenvalue weighted by Crippen LogP contribution is -1.81. The Kier molecular flexibility index (Phi) is 4.39. The van der Waals surface area contributed by atoms with E-state index in [1.807, 2.05) is 42.6 Å². The normalized spacial score (nSPS) is 10.1. The van der Waals surface area contributed by atoms with Gasteiger partial charge >= 0.3 is 0 Å². The Hall–Kier alpha value is -3.07. The van der Waals surface area contributed by atoms with Gasteiger partial charge < -0.3 is 0 Å². The molecule has 23 heavy (non-hydrogen) atoms. The largest absolute Gasteiger partial charge is 0.298 e. The molecule has 0 aliphatic rings. The summed E-state index contributed by atoms with van der Waals surface area (Å²) in [6.45, 7) is 2.09. The van der Waals surface area contributed by atoms with E-state index in [0.29, 0.717) is 5.56 Å². The summed E-state index contributed by atoms with van der Waals surface area (Å²) in [5.41, 5.74) is 3.96. The van der Waals surface area contributed by atoms with Crippen molar-refractivity contribution in [2.24, 2.45) is 0 Å². The number of benzene rings is 2. The van der Waals surface area contributed by atoms with Gasteiger partial charge in [-0.25, -0.2) is 0 Å². The number of rotatable bonds is 1. The molecular formula is C20H16N2O. The molecule has 2 aromatic carbocycles. The van der Waals surface area contributed by atoms with E-state index in [2.05, 4.69) is 35.1 Å². The molecule has 0 spiro atoms. The van der Waals surface area contributed by atoms with Crippen LogP contribution >= 0.6 is 0 Å². The molecule has 0 amide bonds. The minimum atomic E-state index is 0.690. The maximum absolute atomic E-state index is 10.4. The number of aromatic nitrogens is 2. The fraction of sp³-hybridized carbons (Fsp3) is 0.0500. The minimum Gasteiger partial charge on any atom is -0.298 e. The van der Waals surface area contributed by atoms with E-state index < -0.39 is 0 Å². The Morgan fingerprint density at radius 2 is 1.39 bits per heavy atom. The molecule has 0 bridgehead atoms. The number of carbonyl (C=O) groups is 1. The number of carbonyl (C=O) groups excluding carboxylic acids is 1. The van der Waals surface area contributed by atoms with E-state index >= 15 is 0 Å². The molecule has 0 unspecified atom stereocenters. The monoisotopic (exact) mass is 300 g/mol. The lowest BCUT2D eigenvalue weighted by Gasteiger charge is -1.95. The van der Waals surface area contributed by atoms with Crippen LogP contribution in [0.1, 0.15) is 15.9 Å². The summed E-state index contributed by atoms with van der Waals surface area (Å²) in [5.74, 6) is 0. The second kappa shape index (κ2) is 6.79. The highest BCUT2D eigenvalue weighted by Crippen LogP contribution is 2.12. The van der Waals surface area contributed by atoms with Crippen molar-refractivity contribution in [3.05, 3.63) is 84.2 Å².